The van der Waals surface area contributed by atoms with Gasteiger partial charge in [-0.05, 0) is 18.8 Å². The molecule has 1 amide bonds. The Morgan fingerprint density at radius 1 is 1.50 bits per heavy atom. The maximum absolute atomic E-state index is 11.4. The van der Waals surface area contributed by atoms with E-state index in [1.54, 1.807) is 0 Å². The fourth-order valence-electron chi connectivity index (χ4n) is 2.87. The summed E-state index contributed by atoms with van der Waals surface area (Å²) in [5.41, 5.74) is 0. The zero-order chi connectivity index (χ0) is 11.5. The molecule has 1 heterocycles. The summed E-state index contributed by atoms with van der Waals surface area (Å²) < 4.78 is 0. The number of fused-ring (bicyclic) bond motifs is 1. The van der Waals surface area contributed by atoms with Gasteiger partial charge >= 0.3 is 0 Å². The van der Waals surface area contributed by atoms with Gasteiger partial charge in [-0.15, -0.1) is 6.42 Å². The molecule has 0 bridgehead atoms. The normalized spacial score (nSPS) is 33.4. The van der Waals surface area contributed by atoms with Crippen LogP contribution in [0.25, 0.3) is 0 Å². The predicted octanol–water partition coefficient (Wildman–Crippen LogP) is -0.562. The molecule has 16 heavy (non-hydrogen) atoms. The van der Waals surface area contributed by atoms with Crippen LogP contribution in [0.15, 0.2) is 0 Å². The number of nitrogens with one attached hydrogen (secondary N) is 1. The van der Waals surface area contributed by atoms with Gasteiger partial charge in [-0.25, -0.2) is 0 Å². The topological polar surface area (TPSA) is 52.6 Å². The molecule has 1 aliphatic carbocycles. The number of rotatable bonds is 3. The first-order valence-electron chi connectivity index (χ1n) is 5.81. The van der Waals surface area contributed by atoms with Crippen LogP contribution in [0.2, 0.25) is 0 Å². The lowest BCUT2D eigenvalue weighted by atomic mass is 10.00. The molecule has 4 nitrogen and oxygen atoms in total. The maximum atomic E-state index is 11.4. The maximum Gasteiger partial charge on any atom is 0.234 e. The molecule has 2 aliphatic rings. The minimum absolute atomic E-state index is 0.0209. The molecule has 88 valence electrons. The van der Waals surface area contributed by atoms with Crippen LogP contribution >= 0.6 is 0 Å². The van der Waals surface area contributed by atoms with Crippen LogP contribution in [0.3, 0.4) is 0 Å². The van der Waals surface area contributed by atoms with Gasteiger partial charge in [0.05, 0.1) is 19.2 Å². The summed E-state index contributed by atoms with van der Waals surface area (Å²) in [7, 11) is 0. The number of aliphatic hydroxyl groups excluding tert-OH is 1. The molecule has 1 saturated heterocycles. The van der Waals surface area contributed by atoms with Gasteiger partial charge in [-0.1, -0.05) is 5.92 Å². The number of carbonyl (C=O) groups is 1. The highest BCUT2D eigenvalue weighted by molar-refractivity contribution is 5.78. The minimum atomic E-state index is -0.163. The molecule has 2 N–H and O–H groups in total. The van der Waals surface area contributed by atoms with E-state index < -0.39 is 0 Å². The molecule has 1 aliphatic heterocycles. The Morgan fingerprint density at radius 2 is 2.31 bits per heavy atom. The Balaban J connectivity index is 1.77. The molecule has 4 heteroatoms. The van der Waals surface area contributed by atoms with Crippen LogP contribution in [0.5, 0.6) is 0 Å². The van der Waals surface area contributed by atoms with Crippen molar-refractivity contribution in [2.45, 2.75) is 18.9 Å². The number of terminal acetylenes is 1. The van der Waals surface area contributed by atoms with E-state index in [4.69, 9.17) is 6.42 Å². The first-order chi connectivity index (χ1) is 7.70. The highest BCUT2D eigenvalue weighted by Gasteiger charge is 2.41. The minimum Gasteiger partial charge on any atom is -0.393 e. The summed E-state index contributed by atoms with van der Waals surface area (Å²) in [6.45, 7) is 2.48. The van der Waals surface area contributed by atoms with E-state index in [1.807, 2.05) is 0 Å². The van der Waals surface area contributed by atoms with Crippen molar-refractivity contribution in [3.05, 3.63) is 0 Å². The SMILES string of the molecule is C#CCNC(=O)CN1CC2CCC(O)C2C1. The molecule has 2 rings (SSSR count). The summed E-state index contributed by atoms with van der Waals surface area (Å²) in [6, 6.07) is 0. The Morgan fingerprint density at radius 3 is 3.00 bits per heavy atom. The zero-order valence-corrected chi connectivity index (χ0v) is 9.35. The lowest BCUT2D eigenvalue weighted by Gasteiger charge is -2.16. The second-order valence-electron chi connectivity index (χ2n) is 4.74. The van der Waals surface area contributed by atoms with Gasteiger partial charge in [0.15, 0.2) is 0 Å². The van der Waals surface area contributed by atoms with Gasteiger partial charge < -0.3 is 10.4 Å². The van der Waals surface area contributed by atoms with E-state index >= 15 is 0 Å². The van der Waals surface area contributed by atoms with Gasteiger partial charge in [0.1, 0.15) is 0 Å². The van der Waals surface area contributed by atoms with E-state index in [1.165, 1.54) is 0 Å². The Hall–Kier alpha value is -1.05. The van der Waals surface area contributed by atoms with E-state index in [9.17, 15) is 9.90 Å². The van der Waals surface area contributed by atoms with Crippen molar-refractivity contribution < 1.29 is 9.90 Å². The molecule has 0 aromatic carbocycles. The van der Waals surface area contributed by atoms with Gasteiger partial charge in [0, 0.05) is 19.0 Å². The third-order valence-corrected chi connectivity index (χ3v) is 3.65. The third kappa shape index (κ3) is 2.37. The van der Waals surface area contributed by atoms with Crippen molar-refractivity contribution in [3.63, 3.8) is 0 Å². The number of carbonyl (C=O) groups excluding carboxylic acids is 1. The van der Waals surface area contributed by atoms with Crippen LogP contribution in [0.1, 0.15) is 12.8 Å². The molecule has 0 spiro atoms. The van der Waals surface area contributed by atoms with E-state index in [-0.39, 0.29) is 12.0 Å². The second kappa shape index (κ2) is 4.86. The smallest absolute Gasteiger partial charge is 0.234 e. The van der Waals surface area contributed by atoms with Crippen LogP contribution in [-0.2, 0) is 4.79 Å². The molecule has 0 aromatic heterocycles. The average Bonchev–Trinajstić information content (AvgIpc) is 2.78. The van der Waals surface area contributed by atoms with Crippen molar-refractivity contribution in [3.8, 4) is 12.3 Å². The number of aliphatic hydroxyl groups is 1. The van der Waals surface area contributed by atoms with Gasteiger partial charge in [-0.3, -0.25) is 9.69 Å². The van der Waals surface area contributed by atoms with E-state index in [2.05, 4.69) is 16.1 Å². The van der Waals surface area contributed by atoms with Crippen LogP contribution in [0, 0.1) is 24.2 Å². The fourth-order valence-corrected chi connectivity index (χ4v) is 2.87. The number of hydrogen-bond acceptors (Lipinski definition) is 3. The summed E-state index contributed by atoms with van der Waals surface area (Å²) >= 11 is 0. The Bertz CT molecular complexity index is 311. The Kier molecular flexibility index (Phi) is 3.47. The summed E-state index contributed by atoms with van der Waals surface area (Å²) in [4.78, 5) is 13.6. The predicted molar refractivity (Wildman–Crippen MR) is 60.5 cm³/mol. The number of likely N-dealkylation sites (tertiary alicyclic amines) is 1. The average molecular weight is 222 g/mol. The van der Waals surface area contributed by atoms with Crippen LogP contribution < -0.4 is 5.32 Å². The van der Waals surface area contributed by atoms with Crippen molar-refractivity contribution in [2.24, 2.45) is 11.8 Å². The molecular formula is C12H18N2O2. The molecule has 0 aromatic rings. The van der Waals surface area contributed by atoms with E-state index in [0.717, 1.165) is 25.9 Å². The van der Waals surface area contributed by atoms with Gasteiger partial charge in [0.2, 0.25) is 5.91 Å². The first kappa shape index (κ1) is 11.4. The molecule has 3 unspecified atom stereocenters. The number of amides is 1. The highest BCUT2D eigenvalue weighted by atomic mass is 16.3. The first-order valence-corrected chi connectivity index (χ1v) is 5.81. The zero-order valence-electron chi connectivity index (χ0n) is 9.35. The van der Waals surface area contributed by atoms with Crippen molar-refractivity contribution in [2.75, 3.05) is 26.2 Å². The summed E-state index contributed by atoms with van der Waals surface area (Å²) in [5, 5.41) is 12.4. The van der Waals surface area contributed by atoms with E-state index in [0.29, 0.717) is 24.9 Å². The lowest BCUT2D eigenvalue weighted by Crippen LogP contribution is -2.37. The van der Waals surface area contributed by atoms with Gasteiger partial charge in [0.25, 0.3) is 0 Å². The van der Waals surface area contributed by atoms with Crippen molar-refractivity contribution in [1.82, 2.24) is 10.2 Å². The van der Waals surface area contributed by atoms with Crippen LogP contribution in [0.4, 0.5) is 0 Å². The largest absolute Gasteiger partial charge is 0.393 e. The standard InChI is InChI=1S/C12H18N2O2/c1-2-5-13-12(16)8-14-6-9-3-4-11(15)10(9)7-14/h1,9-11,15H,3-8H2,(H,13,16). The number of nitrogens with zero attached hydrogens (tertiary/aromatic N) is 1. The second-order valence-corrected chi connectivity index (χ2v) is 4.74. The fraction of sp³-hybridized carbons (Fsp3) is 0.750. The quantitative estimate of drug-likeness (QED) is 0.629. The molecule has 1 saturated carbocycles. The molecular weight excluding hydrogens is 204 g/mol. The number of hydrogen-bond donors (Lipinski definition) is 2. The summed E-state index contributed by atoms with van der Waals surface area (Å²) in [6.07, 6.45) is 6.92. The van der Waals surface area contributed by atoms with Gasteiger partial charge in [-0.2, -0.15) is 0 Å². The monoisotopic (exact) mass is 222 g/mol. The molecule has 3 atom stereocenters. The molecule has 0 radical (unpaired) electrons. The molecule has 2 fully saturated rings. The van der Waals surface area contributed by atoms with Crippen molar-refractivity contribution in [1.29, 1.82) is 0 Å². The summed E-state index contributed by atoms with van der Waals surface area (Å²) in [5.74, 6) is 3.31. The third-order valence-electron chi connectivity index (χ3n) is 3.65. The Labute approximate surface area is 96.0 Å². The lowest BCUT2D eigenvalue weighted by molar-refractivity contribution is -0.121. The van der Waals surface area contributed by atoms with Crippen molar-refractivity contribution >= 4 is 5.91 Å². The van der Waals surface area contributed by atoms with Crippen LogP contribution in [-0.4, -0.2) is 48.2 Å². The highest BCUT2D eigenvalue weighted by Crippen LogP contribution is 2.37.